The monoisotopic (exact) mass is 394 g/mol. The molecule has 6 nitrogen and oxygen atoms in total. The highest BCUT2D eigenvalue weighted by atomic mass is 32.1. The molecule has 0 atom stereocenters. The summed E-state index contributed by atoms with van der Waals surface area (Å²) in [5, 5.41) is 3.13. The molecule has 1 fully saturated rings. The highest BCUT2D eigenvalue weighted by Gasteiger charge is 2.22. The van der Waals surface area contributed by atoms with Crippen molar-refractivity contribution in [3.63, 3.8) is 0 Å². The summed E-state index contributed by atoms with van der Waals surface area (Å²) >= 11 is 1.66. The van der Waals surface area contributed by atoms with Crippen LogP contribution in [0.4, 0.5) is 0 Å². The van der Waals surface area contributed by atoms with Gasteiger partial charge in [-0.2, -0.15) is 0 Å². The molecular weight excluding hydrogens is 372 g/mol. The maximum atomic E-state index is 12.5. The van der Waals surface area contributed by atoms with Crippen LogP contribution >= 0.6 is 11.3 Å². The quantitative estimate of drug-likeness (QED) is 0.665. The Balaban J connectivity index is 1.32. The van der Waals surface area contributed by atoms with Gasteiger partial charge >= 0.3 is 0 Å². The van der Waals surface area contributed by atoms with Gasteiger partial charge in [0.1, 0.15) is 10.8 Å². The van der Waals surface area contributed by atoms with Crippen LogP contribution in [0.1, 0.15) is 16.1 Å². The van der Waals surface area contributed by atoms with Crippen molar-refractivity contribution in [2.75, 3.05) is 33.3 Å². The molecule has 3 aromatic rings. The number of amides is 1. The summed E-state index contributed by atoms with van der Waals surface area (Å²) in [6.45, 7) is 3.96. The van der Waals surface area contributed by atoms with Gasteiger partial charge in [0.05, 0.1) is 18.4 Å². The molecule has 1 saturated heterocycles. The van der Waals surface area contributed by atoms with E-state index >= 15 is 0 Å². The summed E-state index contributed by atoms with van der Waals surface area (Å²) in [4.78, 5) is 25.6. The van der Waals surface area contributed by atoms with Crippen LogP contribution < -0.4 is 4.74 Å². The Morgan fingerprint density at radius 3 is 2.61 bits per heavy atom. The molecule has 0 radical (unpaired) electrons. The molecule has 0 aliphatic carbocycles. The van der Waals surface area contributed by atoms with E-state index in [0.717, 1.165) is 54.7 Å². The van der Waals surface area contributed by atoms with E-state index < -0.39 is 0 Å². The SMILES string of the molecule is COc1ccc(-c2nc(CN3CCN(C(=O)c4cccnc4)CC3)cs2)cc1. The van der Waals surface area contributed by atoms with Crippen LogP contribution in [-0.2, 0) is 6.54 Å². The standard InChI is InChI=1S/C21H22N4O2S/c1-27-19-6-4-16(5-7-19)20-23-18(15-28-20)14-24-9-11-25(12-10-24)21(26)17-3-2-8-22-13-17/h2-8,13,15H,9-12,14H2,1H3. The van der Waals surface area contributed by atoms with Gasteiger partial charge in [0.25, 0.3) is 5.91 Å². The van der Waals surface area contributed by atoms with Crippen LogP contribution in [0, 0.1) is 0 Å². The first-order valence-corrected chi connectivity index (χ1v) is 10.1. The Kier molecular flexibility index (Phi) is 5.64. The number of piperazine rings is 1. The lowest BCUT2D eigenvalue weighted by molar-refractivity contribution is 0.0627. The van der Waals surface area contributed by atoms with Gasteiger partial charge in [0, 0.05) is 56.1 Å². The van der Waals surface area contributed by atoms with Crippen molar-refractivity contribution in [2.45, 2.75) is 6.54 Å². The van der Waals surface area contributed by atoms with Crippen molar-refractivity contribution in [2.24, 2.45) is 0 Å². The predicted octanol–water partition coefficient (Wildman–Crippen LogP) is 3.17. The number of carbonyl (C=O) groups excluding carboxylic acids is 1. The minimum atomic E-state index is 0.0585. The zero-order chi connectivity index (χ0) is 19.3. The van der Waals surface area contributed by atoms with Gasteiger partial charge < -0.3 is 9.64 Å². The molecule has 0 bridgehead atoms. The molecule has 0 N–H and O–H groups in total. The van der Waals surface area contributed by atoms with Gasteiger partial charge in [0.15, 0.2) is 0 Å². The number of thiazole rings is 1. The smallest absolute Gasteiger partial charge is 0.255 e. The fraction of sp³-hybridized carbons (Fsp3) is 0.286. The fourth-order valence-corrected chi connectivity index (χ4v) is 4.07. The number of pyridine rings is 1. The summed E-state index contributed by atoms with van der Waals surface area (Å²) < 4.78 is 5.21. The molecule has 7 heteroatoms. The van der Waals surface area contributed by atoms with E-state index in [9.17, 15) is 4.79 Å². The number of hydrogen-bond acceptors (Lipinski definition) is 6. The second kappa shape index (κ2) is 8.50. The molecule has 2 aromatic heterocycles. The van der Waals surface area contributed by atoms with E-state index in [4.69, 9.17) is 9.72 Å². The number of hydrogen-bond donors (Lipinski definition) is 0. The molecular formula is C21H22N4O2S. The topological polar surface area (TPSA) is 58.6 Å². The van der Waals surface area contributed by atoms with E-state index in [-0.39, 0.29) is 5.91 Å². The van der Waals surface area contributed by atoms with Crippen molar-refractivity contribution in [3.8, 4) is 16.3 Å². The molecule has 144 valence electrons. The first kappa shape index (κ1) is 18.6. The molecule has 0 spiro atoms. The molecule has 0 unspecified atom stereocenters. The lowest BCUT2D eigenvalue weighted by Crippen LogP contribution is -2.48. The summed E-state index contributed by atoms with van der Waals surface area (Å²) in [5.41, 5.74) is 2.83. The van der Waals surface area contributed by atoms with Crippen LogP contribution in [-0.4, -0.2) is 59.0 Å². The molecule has 0 saturated carbocycles. The molecule has 1 amide bonds. The van der Waals surface area contributed by atoms with Crippen molar-refractivity contribution < 1.29 is 9.53 Å². The Morgan fingerprint density at radius 2 is 1.93 bits per heavy atom. The van der Waals surface area contributed by atoms with Gasteiger partial charge in [-0.15, -0.1) is 11.3 Å². The third-order valence-electron chi connectivity index (χ3n) is 4.84. The third kappa shape index (κ3) is 4.21. The summed E-state index contributed by atoms with van der Waals surface area (Å²) in [5.74, 6) is 0.905. The Labute approximate surface area is 168 Å². The largest absolute Gasteiger partial charge is 0.497 e. The zero-order valence-corrected chi connectivity index (χ0v) is 16.6. The Hall–Kier alpha value is -2.77. The molecule has 3 heterocycles. The molecule has 1 aliphatic rings. The second-order valence-corrected chi connectivity index (χ2v) is 7.54. The van der Waals surface area contributed by atoms with Crippen molar-refractivity contribution in [1.29, 1.82) is 0 Å². The maximum absolute atomic E-state index is 12.5. The van der Waals surface area contributed by atoms with E-state index in [1.807, 2.05) is 35.2 Å². The van der Waals surface area contributed by atoms with E-state index in [0.29, 0.717) is 5.56 Å². The number of ether oxygens (including phenoxy) is 1. The van der Waals surface area contributed by atoms with Crippen LogP contribution in [0.3, 0.4) is 0 Å². The molecule has 1 aliphatic heterocycles. The lowest BCUT2D eigenvalue weighted by Gasteiger charge is -2.34. The first-order chi connectivity index (χ1) is 13.7. The van der Waals surface area contributed by atoms with Crippen molar-refractivity contribution in [1.82, 2.24) is 19.8 Å². The number of nitrogens with zero attached hydrogens (tertiary/aromatic N) is 4. The number of methoxy groups -OCH3 is 1. The number of aromatic nitrogens is 2. The average molecular weight is 395 g/mol. The Bertz CT molecular complexity index is 919. The summed E-state index contributed by atoms with van der Waals surface area (Å²) in [7, 11) is 1.67. The number of carbonyl (C=O) groups is 1. The highest BCUT2D eigenvalue weighted by molar-refractivity contribution is 7.13. The molecule has 4 rings (SSSR count). The van der Waals surface area contributed by atoms with Crippen molar-refractivity contribution in [3.05, 3.63) is 65.4 Å². The second-order valence-electron chi connectivity index (χ2n) is 6.68. The fourth-order valence-electron chi connectivity index (χ4n) is 3.26. The maximum Gasteiger partial charge on any atom is 0.255 e. The molecule has 1 aromatic carbocycles. The van der Waals surface area contributed by atoms with Gasteiger partial charge in [0.2, 0.25) is 0 Å². The van der Waals surface area contributed by atoms with Crippen LogP contribution in [0.15, 0.2) is 54.2 Å². The summed E-state index contributed by atoms with van der Waals surface area (Å²) in [6, 6.07) is 11.6. The van der Waals surface area contributed by atoms with Crippen LogP contribution in [0.2, 0.25) is 0 Å². The van der Waals surface area contributed by atoms with E-state index in [1.54, 1.807) is 36.9 Å². The van der Waals surface area contributed by atoms with E-state index in [2.05, 4.69) is 15.3 Å². The van der Waals surface area contributed by atoms with Gasteiger partial charge in [-0.05, 0) is 36.4 Å². The lowest BCUT2D eigenvalue weighted by atomic mass is 10.2. The number of benzene rings is 1. The Morgan fingerprint density at radius 1 is 1.14 bits per heavy atom. The normalized spacial score (nSPS) is 14.8. The minimum absolute atomic E-state index is 0.0585. The third-order valence-corrected chi connectivity index (χ3v) is 5.78. The first-order valence-electron chi connectivity index (χ1n) is 9.23. The highest BCUT2D eigenvalue weighted by Crippen LogP contribution is 2.26. The number of rotatable bonds is 5. The zero-order valence-electron chi connectivity index (χ0n) is 15.7. The van der Waals surface area contributed by atoms with Gasteiger partial charge in [-0.3, -0.25) is 14.7 Å². The average Bonchev–Trinajstić information content (AvgIpc) is 3.23. The molecule has 28 heavy (non-hydrogen) atoms. The van der Waals surface area contributed by atoms with Gasteiger partial charge in [-0.25, -0.2) is 4.98 Å². The minimum Gasteiger partial charge on any atom is -0.497 e. The van der Waals surface area contributed by atoms with E-state index in [1.165, 1.54) is 0 Å². The van der Waals surface area contributed by atoms with Crippen LogP contribution in [0.5, 0.6) is 5.75 Å². The van der Waals surface area contributed by atoms with Crippen molar-refractivity contribution >= 4 is 17.2 Å². The predicted molar refractivity (Wildman–Crippen MR) is 110 cm³/mol. The summed E-state index contributed by atoms with van der Waals surface area (Å²) in [6.07, 6.45) is 3.31. The van der Waals surface area contributed by atoms with Crippen LogP contribution in [0.25, 0.3) is 10.6 Å². The van der Waals surface area contributed by atoms with Gasteiger partial charge in [-0.1, -0.05) is 0 Å².